The molecule has 5 nitrogen and oxygen atoms in total. The Balaban J connectivity index is 1.47. The van der Waals surface area contributed by atoms with Gasteiger partial charge in [0.25, 0.3) is 0 Å². The fourth-order valence-corrected chi connectivity index (χ4v) is 8.43. The zero-order chi connectivity index (χ0) is 19.9. The Morgan fingerprint density at radius 3 is 2.54 bits per heavy atom. The van der Waals surface area contributed by atoms with Gasteiger partial charge in [0.2, 0.25) is 0 Å². The summed E-state index contributed by atoms with van der Waals surface area (Å²) >= 11 is 0. The third-order valence-electron chi connectivity index (χ3n) is 10.0. The van der Waals surface area contributed by atoms with Gasteiger partial charge in [-0.3, -0.25) is 0 Å². The molecule has 156 valence electrons. The molecule has 0 aromatic rings. The van der Waals surface area contributed by atoms with E-state index in [0.29, 0.717) is 31.3 Å². The van der Waals surface area contributed by atoms with E-state index >= 15 is 0 Å². The van der Waals surface area contributed by atoms with Crippen LogP contribution in [0.4, 0.5) is 0 Å². The molecule has 0 aromatic carbocycles. The van der Waals surface area contributed by atoms with Crippen LogP contribution in [-0.2, 0) is 9.53 Å². The number of aliphatic hydroxyl groups excluding tert-OH is 2. The fraction of sp³-hybridized carbons (Fsp3) is 0.870. The molecule has 0 bridgehead atoms. The highest BCUT2D eigenvalue weighted by molar-refractivity contribution is 5.85. The summed E-state index contributed by atoms with van der Waals surface area (Å²) in [5.41, 5.74) is 0.118. The van der Waals surface area contributed by atoms with Crippen molar-refractivity contribution in [1.82, 2.24) is 0 Å². The molecule has 0 spiro atoms. The number of hydrogen-bond acceptors (Lipinski definition) is 5. The molecule has 9 atom stereocenters. The maximum Gasteiger partial charge on any atom is 0.331 e. The first-order valence-electron chi connectivity index (χ1n) is 11.1. The van der Waals surface area contributed by atoms with Crippen LogP contribution in [0.1, 0.15) is 65.2 Å². The van der Waals surface area contributed by atoms with E-state index in [0.717, 1.165) is 44.1 Å². The van der Waals surface area contributed by atoms with Crippen molar-refractivity contribution in [1.29, 1.82) is 0 Å². The van der Waals surface area contributed by atoms with E-state index < -0.39 is 17.8 Å². The van der Waals surface area contributed by atoms with Crippen LogP contribution in [0.3, 0.4) is 0 Å². The van der Waals surface area contributed by atoms with Crippen molar-refractivity contribution in [2.45, 2.75) is 83.0 Å². The highest BCUT2D eigenvalue weighted by Gasteiger charge is 2.68. The molecule has 4 fully saturated rings. The van der Waals surface area contributed by atoms with Gasteiger partial charge >= 0.3 is 5.97 Å². The second kappa shape index (κ2) is 6.05. The Labute approximate surface area is 167 Å². The smallest absolute Gasteiger partial charge is 0.331 e. The number of fused-ring (bicyclic) bond motifs is 5. The minimum atomic E-state index is -0.720. The van der Waals surface area contributed by atoms with Crippen LogP contribution in [0.5, 0.6) is 0 Å². The molecule has 5 rings (SSSR count). The van der Waals surface area contributed by atoms with Gasteiger partial charge in [-0.25, -0.2) is 4.79 Å². The molecule has 5 heteroatoms. The standard InChI is InChI=1S/C23H34O5/c1-21-11-19(25)18(24)10-14(21)3-4-17-16(21)5-7-22(2)15(6-8-23(17,22)27)13-9-20(26)28-12-13/h9,14-19,24-25,27H,3-8,10-12H2,1-2H3/t14-,15?,16-,17+,18?,19?,21+,22+,23+/m0/s1. The molecule has 0 saturated heterocycles. The molecule has 0 amide bonds. The zero-order valence-corrected chi connectivity index (χ0v) is 17.1. The van der Waals surface area contributed by atoms with Gasteiger partial charge in [0.1, 0.15) is 6.61 Å². The van der Waals surface area contributed by atoms with Gasteiger partial charge in [0.15, 0.2) is 0 Å². The van der Waals surface area contributed by atoms with Gasteiger partial charge in [0, 0.05) is 11.5 Å². The maximum atomic E-state index is 12.1. The van der Waals surface area contributed by atoms with Crippen LogP contribution in [-0.4, -0.2) is 45.7 Å². The molecule has 3 unspecified atom stereocenters. The molecular weight excluding hydrogens is 356 g/mol. The average molecular weight is 391 g/mol. The number of carbonyl (C=O) groups excluding carboxylic acids is 1. The van der Waals surface area contributed by atoms with Gasteiger partial charge < -0.3 is 20.1 Å². The summed E-state index contributed by atoms with van der Waals surface area (Å²) in [6, 6.07) is 0. The predicted molar refractivity (Wildman–Crippen MR) is 103 cm³/mol. The Bertz CT molecular complexity index is 718. The van der Waals surface area contributed by atoms with E-state index in [1.807, 2.05) is 0 Å². The summed E-state index contributed by atoms with van der Waals surface area (Å²) in [5, 5.41) is 32.7. The zero-order valence-electron chi connectivity index (χ0n) is 17.1. The van der Waals surface area contributed by atoms with Crippen molar-refractivity contribution in [3.8, 4) is 0 Å². The van der Waals surface area contributed by atoms with Crippen molar-refractivity contribution in [3.63, 3.8) is 0 Å². The van der Waals surface area contributed by atoms with E-state index in [-0.39, 0.29) is 28.6 Å². The summed E-state index contributed by atoms with van der Waals surface area (Å²) < 4.78 is 5.19. The minimum absolute atomic E-state index is 0.0115. The van der Waals surface area contributed by atoms with Crippen molar-refractivity contribution in [2.75, 3.05) is 6.61 Å². The van der Waals surface area contributed by atoms with Crippen molar-refractivity contribution < 1.29 is 24.9 Å². The fourth-order valence-electron chi connectivity index (χ4n) is 8.43. The Morgan fingerprint density at radius 2 is 1.82 bits per heavy atom. The molecule has 0 radical (unpaired) electrons. The monoisotopic (exact) mass is 390 g/mol. The first kappa shape index (κ1) is 19.1. The molecule has 28 heavy (non-hydrogen) atoms. The predicted octanol–water partition coefficient (Wildman–Crippen LogP) is 2.58. The van der Waals surface area contributed by atoms with E-state index in [2.05, 4.69) is 13.8 Å². The molecule has 4 aliphatic carbocycles. The van der Waals surface area contributed by atoms with Gasteiger partial charge in [-0.05, 0) is 86.0 Å². The van der Waals surface area contributed by atoms with Gasteiger partial charge in [0.05, 0.1) is 17.8 Å². The Hall–Kier alpha value is -0.910. The Morgan fingerprint density at radius 1 is 1.04 bits per heavy atom. The normalized spacial score (nSPS) is 55.8. The SMILES string of the molecule is C[C@@]12CC(O)C(O)C[C@@H]1CC[C@@H]1[C@@H]2CC[C@]2(C)C(C3=CC(=O)OC3)CC[C@@]12O. The summed E-state index contributed by atoms with van der Waals surface area (Å²) in [4.78, 5) is 11.6. The molecule has 1 heterocycles. The summed E-state index contributed by atoms with van der Waals surface area (Å²) in [5.74, 6) is 1.03. The second-order valence-electron chi connectivity index (χ2n) is 10.9. The number of cyclic esters (lactones) is 1. The number of aliphatic hydroxyl groups is 3. The van der Waals surface area contributed by atoms with Crippen LogP contribution in [0.25, 0.3) is 0 Å². The quantitative estimate of drug-likeness (QED) is 0.599. The summed E-state index contributed by atoms with van der Waals surface area (Å²) in [6.45, 7) is 4.92. The van der Waals surface area contributed by atoms with Crippen LogP contribution in [0, 0.1) is 34.5 Å². The lowest BCUT2D eigenvalue weighted by molar-refractivity contribution is -0.218. The van der Waals surface area contributed by atoms with Crippen LogP contribution in [0.15, 0.2) is 11.6 Å². The molecular formula is C23H34O5. The summed E-state index contributed by atoms with van der Waals surface area (Å²) in [7, 11) is 0. The molecule has 3 N–H and O–H groups in total. The van der Waals surface area contributed by atoms with E-state index in [1.165, 1.54) is 0 Å². The first-order chi connectivity index (χ1) is 13.2. The lowest BCUT2D eigenvalue weighted by Gasteiger charge is -2.64. The van der Waals surface area contributed by atoms with E-state index in [1.54, 1.807) is 6.08 Å². The van der Waals surface area contributed by atoms with Crippen LogP contribution < -0.4 is 0 Å². The third-order valence-corrected chi connectivity index (χ3v) is 10.0. The number of esters is 1. The van der Waals surface area contributed by atoms with Crippen LogP contribution in [0.2, 0.25) is 0 Å². The number of hydrogen-bond donors (Lipinski definition) is 3. The molecule has 4 saturated carbocycles. The van der Waals surface area contributed by atoms with Crippen molar-refractivity contribution >= 4 is 5.97 Å². The first-order valence-corrected chi connectivity index (χ1v) is 11.1. The Kier molecular flexibility index (Phi) is 4.12. The molecule has 0 aromatic heterocycles. The lowest BCUT2D eigenvalue weighted by Crippen LogP contribution is -2.63. The van der Waals surface area contributed by atoms with Gasteiger partial charge in [-0.1, -0.05) is 13.8 Å². The number of rotatable bonds is 1. The largest absolute Gasteiger partial charge is 0.458 e. The van der Waals surface area contributed by atoms with E-state index in [9.17, 15) is 20.1 Å². The average Bonchev–Trinajstić information content (AvgIpc) is 3.17. The van der Waals surface area contributed by atoms with Crippen LogP contribution >= 0.6 is 0 Å². The maximum absolute atomic E-state index is 12.1. The highest BCUT2D eigenvalue weighted by atomic mass is 16.5. The minimum Gasteiger partial charge on any atom is -0.458 e. The highest BCUT2D eigenvalue weighted by Crippen LogP contribution is 2.69. The van der Waals surface area contributed by atoms with Gasteiger partial charge in [-0.15, -0.1) is 0 Å². The summed E-state index contributed by atoms with van der Waals surface area (Å²) in [6.07, 6.45) is 7.46. The topological polar surface area (TPSA) is 87.0 Å². The number of carbonyl (C=O) groups is 1. The third kappa shape index (κ3) is 2.33. The second-order valence-corrected chi connectivity index (χ2v) is 10.9. The lowest BCUT2D eigenvalue weighted by atomic mass is 9.43. The van der Waals surface area contributed by atoms with E-state index in [4.69, 9.17) is 4.74 Å². The van der Waals surface area contributed by atoms with Crippen molar-refractivity contribution in [2.24, 2.45) is 34.5 Å². The van der Waals surface area contributed by atoms with Gasteiger partial charge in [-0.2, -0.15) is 0 Å². The van der Waals surface area contributed by atoms with Crippen molar-refractivity contribution in [3.05, 3.63) is 11.6 Å². The molecule has 1 aliphatic heterocycles. The number of ether oxygens (including phenoxy) is 1. The molecule has 5 aliphatic rings.